The van der Waals surface area contributed by atoms with E-state index in [9.17, 15) is 15.0 Å². The summed E-state index contributed by atoms with van der Waals surface area (Å²) in [4.78, 5) is 16.4. The lowest BCUT2D eigenvalue weighted by molar-refractivity contribution is -0.123. The summed E-state index contributed by atoms with van der Waals surface area (Å²) in [5, 5.41) is 21.8. The van der Waals surface area contributed by atoms with Gasteiger partial charge >= 0.3 is 0 Å². The SMILES string of the molecule is C[C@H](Cc1ccc(O)c(O)c1)NC(=O)[C@H]1C[C@H]1c1cccnc1. The van der Waals surface area contributed by atoms with Gasteiger partial charge in [-0.2, -0.15) is 0 Å². The van der Waals surface area contributed by atoms with E-state index in [2.05, 4.69) is 10.3 Å². The minimum Gasteiger partial charge on any atom is -0.504 e. The van der Waals surface area contributed by atoms with Crippen molar-refractivity contribution in [3.8, 4) is 11.5 Å². The first-order chi connectivity index (χ1) is 11.0. The number of hydrogen-bond acceptors (Lipinski definition) is 4. The minimum absolute atomic E-state index is 0.0230. The van der Waals surface area contributed by atoms with Crippen LogP contribution in [0.1, 0.15) is 30.4 Å². The van der Waals surface area contributed by atoms with E-state index < -0.39 is 0 Å². The van der Waals surface area contributed by atoms with Gasteiger partial charge in [-0.15, -0.1) is 0 Å². The van der Waals surface area contributed by atoms with Gasteiger partial charge in [0.1, 0.15) is 0 Å². The number of pyridine rings is 1. The Kier molecular flexibility index (Phi) is 4.19. The van der Waals surface area contributed by atoms with E-state index in [1.807, 2.05) is 25.3 Å². The van der Waals surface area contributed by atoms with Crippen LogP contribution in [-0.4, -0.2) is 27.1 Å². The highest BCUT2D eigenvalue weighted by Crippen LogP contribution is 2.47. The van der Waals surface area contributed by atoms with Crippen molar-refractivity contribution in [1.82, 2.24) is 10.3 Å². The second-order valence-electron chi connectivity index (χ2n) is 6.17. The van der Waals surface area contributed by atoms with Crippen LogP contribution in [-0.2, 0) is 11.2 Å². The molecule has 1 aliphatic carbocycles. The molecule has 1 fully saturated rings. The van der Waals surface area contributed by atoms with E-state index >= 15 is 0 Å². The molecule has 0 aliphatic heterocycles. The van der Waals surface area contributed by atoms with Crippen molar-refractivity contribution in [1.29, 1.82) is 0 Å². The van der Waals surface area contributed by atoms with Crippen molar-refractivity contribution in [3.63, 3.8) is 0 Å². The molecule has 1 heterocycles. The highest BCUT2D eigenvalue weighted by Gasteiger charge is 2.44. The molecule has 5 nitrogen and oxygen atoms in total. The predicted molar refractivity (Wildman–Crippen MR) is 86.2 cm³/mol. The Hall–Kier alpha value is -2.56. The van der Waals surface area contributed by atoms with E-state index in [0.717, 1.165) is 17.5 Å². The molecule has 0 saturated heterocycles. The standard InChI is InChI=1S/C18H20N2O3/c1-11(7-12-4-5-16(21)17(22)8-12)20-18(23)15-9-14(15)13-3-2-6-19-10-13/h2-6,8,10-11,14-15,21-22H,7,9H2,1H3,(H,20,23)/t11-,14+,15+/m1/s1. The summed E-state index contributed by atoms with van der Waals surface area (Å²) in [5.41, 5.74) is 1.98. The minimum atomic E-state index is -0.139. The Labute approximate surface area is 135 Å². The summed E-state index contributed by atoms with van der Waals surface area (Å²) in [6.45, 7) is 1.93. The van der Waals surface area contributed by atoms with Gasteiger partial charge < -0.3 is 15.5 Å². The number of benzene rings is 1. The van der Waals surface area contributed by atoms with Gasteiger partial charge in [0, 0.05) is 24.4 Å². The summed E-state index contributed by atoms with van der Waals surface area (Å²) in [6.07, 6.45) is 5.02. The summed E-state index contributed by atoms with van der Waals surface area (Å²) in [7, 11) is 0. The normalized spacial score (nSPS) is 20.7. The molecule has 1 aromatic carbocycles. The number of phenols is 2. The predicted octanol–water partition coefficient (Wildman–Crippen LogP) is 2.34. The first-order valence-electron chi connectivity index (χ1n) is 7.75. The lowest BCUT2D eigenvalue weighted by Crippen LogP contribution is -2.35. The molecule has 2 aromatic rings. The van der Waals surface area contributed by atoms with Gasteiger partial charge in [0.2, 0.25) is 5.91 Å². The zero-order valence-corrected chi connectivity index (χ0v) is 12.9. The lowest BCUT2D eigenvalue weighted by atomic mass is 10.1. The van der Waals surface area contributed by atoms with Crippen LogP contribution in [0.25, 0.3) is 0 Å². The molecule has 3 N–H and O–H groups in total. The van der Waals surface area contributed by atoms with Crippen molar-refractivity contribution in [2.24, 2.45) is 5.92 Å². The van der Waals surface area contributed by atoms with E-state index in [1.165, 1.54) is 12.1 Å². The maximum absolute atomic E-state index is 12.3. The summed E-state index contributed by atoms with van der Waals surface area (Å²) in [6, 6.07) is 8.58. The van der Waals surface area contributed by atoms with Gasteiger partial charge in [0.05, 0.1) is 0 Å². The van der Waals surface area contributed by atoms with Crippen LogP contribution in [0.3, 0.4) is 0 Å². The van der Waals surface area contributed by atoms with E-state index in [-0.39, 0.29) is 35.3 Å². The summed E-state index contributed by atoms with van der Waals surface area (Å²) >= 11 is 0. The maximum atomic E-state index is 12.3. The lowest BCUT2D eigenvalue weighted by Gasteiger charge is -2.14. The second kappa shape index (κ2) is 6.28. The van der Waals surface area contributed by atoms with Gasteiger partial charge in [0.15, 0.2) is 11.5 Å². The Morgan fingerprint density at radius 2 is 2.17 bits per heavy atom. The first-order valence-corrected chi connectivity index (χ1v) is 7.75. The Balaban J connectivity index is 1.53. The first kappa shape index (κ1) is 15.3. The number of nitrogens with zero attached hydrogens (tertiary/aromatic N) is 1. The molecular weight excluding hydrogens is 292 g/mol. The molecule has 3 rings (SSSR count). The molecule has 0 bridgehead atoms. The van der Waals surface area contributed by atoms with Crippen molar-refractivity contribution >= 4 is 5.91 Å². The maximum Gasteiger partial charge on any atom is 0.223 e. The number of aromatic hydroxyl groups is 2. The number of hydrogen-bond donors (Lipinski definition) is 3. The number of amides is 1. The van der Waals surface area contributed by atoms with Crippen LogP contribution in [0.4, 0.5) is 0 Å². The third-order valence-corrected chi connectivity index (χ3v) is 4.21. The fraction of sp³-hybridized carbons (Fsp3) is 0.333. The average Bonchev–Trinajstić information content (AvgIpc) is 3.32. The number of carbonyl (C=O) groups excluding carboxylic acids is 1. The largest absolute Gasteiger partial charge is 0.504 e. The van der Waals surface area contributed by atoms with Crippen molar-refractivity contribution in [2.45, 2.75) is 31.7 Å². The summed E-state index contributed by atoms with van der Waals surface area (Å²) in [5.74, 6) is 0.0837. The van der Waals surface area contributed by atoms with Gasteiger partial charge in [-0.25, -0.2) is 0 Å². The van der Waals surface area contributed by atoms with Gasteiger partial charge in [-0.3, -0.25) is 9.78 Å². The molecule has 1 saturated carbocycles. The zero-order valence-electron chi connectivity index (χ0n) is 12.9. The van der Waals surface area contributed by atoms with Crippen LogP contribution >= 0.6 is 0 Å². The van der Waals surface area contributed by atoms with Crippen molar-refractivity contribution < 1.29 is 15.0 Å². The topological polar surface area (TPSA) is 82.5 Å². The monoisotopic (exact) mass is 312 g/mol. The number of aromatic nitrogens is 1. The highest BCUT2D eigenvalue weighted by molar-refractivity contribution is 5.83. The molecule has 3 atom stereocenters. The Morgan fingerprint density at radius 3 is 2.87 bits per heavy atom. The van der Waals surface area contributed by atoms with Crippen molar-refractivity contribution in [2.75, 3.05) is 0 Å². The molecule has 0 radical (unpaired) electrons. The molecule has 120 valence electrons. The van der Waals surface area contributed by atoms with Gasteiger partial charge in [0.25, 0.3) is 0 Å². The molecule has 0 unspecified atom stereocenters. The second-order valence-corrected chi connectivity index (χ2v) is 6.17. The molecule has 0 spiro atoms. The highest BCUT2D eigenvalue weighted by atomic mass is 16.3. The van der Waals surface area contributed by atoms with Gasteiger partial charge in [-0.05, 0) is 55.0 Å². The van der Waals surface area contributed by atoms with E-state index in [1.54, 1.807) is 12.3 Å². The summed E-state index contributed by atoms with van der Waals surface area (Å²) < 4.78 is 0. The molecule has 1 aliphatic rings. The van der Waals surface area contributed by atoms with Crippen LogP contribution in [0.5, 0.6) is 11.5 Å². The van der Waals surface area contributed by atoms with Crippen LogP contribution in [0, 0.1) is 5.92 Å². The molecule has 1 aromatic heterocycles. The fourth-order valence-electron chi connectivity index (χ4n) is 2.90. The fourth-order valence-corrected chi connectivity index (χ4v) is 2.90. The number of carbonyl (C=O) groups is 1. The number of rotatable bonds is 5. The van der Waals surface area contributed by atoms with E-state index in [4.69, 9.17) is 0 Å². The number of nitrogens with one attached hydrogen (secondary N) is 1. The van der Waals surface area contributed by atoms with E-state index in [0.29, 0.717) is 6.42 Å². The van der Waals surface area contributed by atoms with Gasteiger partial charge in [-0.1, -0.05) is 12.1 Å². The quantitative estimate of drug-likeness (QED) is 0.740. The Bertz CT molecular complexity index is 703. The molecular formula is C18H20N2O3. The van der Waals surface area contributed by atoms with Crippen LogP contribution in [0.15, 0.2) is 42.7 Å². The number of phenolic OH excluding ortho intramolecular Hbond substituents is 2. The third-order valence-electron chi connectivity index (χ3n) is 4.21. The third kappa shape index (κ3) is 3.62. The van der Waals surface area contributed by atoms with Crippen LogP contribution < -0.4 is 5.32 Å². The van der Waals surface area contributed by atoms with Crippen LogP contribution in [0.2, 0.25) is 0 Å². The smallest absolute Gasteiger partial charge is 0.223 e. The molecule has 5 heteroatoms. The molecule has 23 heavy (non-hydrogen) atoms. The average molecular weight is 312 g/mol. The Morgan fingerprint density at radius 1 is 1.35 bits per heavy atom. The molecule has 1 amide bonds. The van der Waals surface area contributed by atoms with Crippen molar-refractivity contribution in [3.05, 3.63) is 53.9 Å². The zero-order chi connectivity index (χ0) is 16.4.